The Balaban J connectivity index is 2.74. The van der Waals surface area contributed by atoms with Gasteiger partial charge in [-0.1, -0.05) is 12.1 Å². The van der Waals surface area contributed by atoms with Crippen LogP contribution in [0.4, 0.5) is 4.39 Å². The SMILES string of the molecule is CC(O)C(C)OC(CN)c1cccc(F)c1. The molecule has 0 saturated heterocycles. The van der Waals surface area contributed by atoms with E-state index in [0.717, 1.165) is 0 Å². The number of hydrogen-bond donors (Lipinski definition) is 2. The molecule has 3 atom stereocenters. The first-order valence-corrected chi connectivity index (χ1v) is 5.33. The first kappa shape index (κ1) is 13.1. The average molecular weight is 227 g/mol. The van der Waals surface area contributed by atoms with Gasteiger partial charge in [-0.3, -0.25) is 0 Å². The van der Waals surface area contributed by atoms with Gasteiger partial charge in [-0.2, -0.15) is 0 Å². The minimum atomic E-state index is -0.581. The molecule has 3 N–H and O–H groups in total. The lowest BCUT2D eigenvalue weighted by Crippen LogP contribution is -2.28. The van der Waals surface area contributed by atoms with E-state index in [2.05, 4.69) is 0 Å². The number of rotatable bonds is 5. The number of benzene rings is 1. The summed E-state index contributed by atoms with van der Waals surface area (Å²) < 4.78 is 18.6. The van der Waals surface area contributed by atoms with Crippen molar-refractivity contribution in [2.75, 3.05) is 6.54 Å². The smallest absolute Gasteiger partial charge is 0.123 e. The van der Waals surface area contributed by atoms with Gasteiger partial charge in [-0.05, 0) is 31.5 Å². The Hall–Kier alpha value is -0.970. The van der Waals surface area contributed by atoms with Crippen molar-refractivity contribution in [2.45, 2.75) is 32.2 Å². The minimum Gasteiger partial charge on any atom is -0.391 e. The van der Waals surface area contributed by atoms with E-state index in [9.17, 15) is 9.50 Å². The zero-order valence-electron chi connectivity index (χ0n) is 9.56. The third-order valence-corrected chi connectivity index (χ3v) is 2.49. The lowest BCUT2D eigenvalue weighted by atomic mass is 10.1. The Morgan fingerprint density at radius 3 is 2.62 bits per heavy atom. The maximum absolute atomic E-state index is 13.0. The van der Waals surface area contributed by atoms with Crippen LogP contribution >= 0.6 is 0 Å². The van der Waals surface area contributed by atoms with E-state index in [1.807, 2.05) is 0 Å². The van der Waals surface area contributed by atoms with Crippen LogP contribution in [0.25, 0.3) is 0 Å². The van der Waals surface area contributed by atoms with Crippen LogP contribution in [0.3, 0.4) is 0 Å². The predicted molar refractivity (Wildman–Crippen MR) is 60.4 cm³/mol. The normalized spacial score (nSPS) is 16.8. The van der Waals surface area contributed by atoms with E-state index in [0.29, 0.717) is 5.56 Å². The zero-order valence-corrected chi connectivity index (χ0v) is 9.56. The molecule has 4 heteroatoms. The monoisotopic (exact) mass is 227 g/mol. The highest BCUT2D eigenvalue weighted by molar-refractivity contribution is 5.19. The second kappa shape index (κ2) is 5.94. The van der Waals surface area contributed by atoms with Crippen LogP contribution in [-0.4, -0.2) is 23.9 Å². The minimum absolute atomic E-state index is 0.251. The van der Waals surface area contributed by atoms with Crippen molar-refractivity contribution in [3.05, 3.63) is 35.6 Å². The van der Waals surface area contributed by atoms with Crippen LogP contribution in [0, 0.1) is 5.82 Å². The summed E-state index contributed by atoms with van der Waals surface area (Å²) in [5, 5.41) is 9.33. The highest BCUT2D eigenvalue weighted by Gasteiger charge is 2.17. The van der Waals surface area contributed by atoms with Crippen LogP contribution in [0.1, 0.15) is 25.5 Å². The van der Waals surface area contributed by atoms with E-state index < -0.39 is 6.10 Å². The molecule has 3 nitrogen and oxygen atoms in total. The number of halogens is 1. The van der Waals surface area contributed by atoms with Gasteiger partial charge < -0.3 is 15.6 Å². The molecule has 0 aliphatic heterocycles. The molecule has 0 fully saturated rings. The molecule has 1 aromatic carbocycles. The van der Waals surface area contributed by atoms with Gasteiger partial charge in [0.05, 0.1) is 18.3 Å². The topological polar surface area (TPSA) is 55.5 Å². The standard InChI is InChI=1S/C12H18FNO2/c1-8(15)9(2)16-12(7-14)10-4-3-5-11(13)6-10/h3-6,8-9,12,15H,7,14H2,1-2H3. The molecule has 0 amide bonds. The summed E-state index contributed by atoms with van der Waals surface area (Å²) in [4.78, 5) is 0. The molecule has 0 spiro atoms. The second-order valence-corrected chi connectivity index (χ2v) is 3.86. The summed E-state index contributed by atoms with van der Waals surface area (Å²) in [6.45, 7) is 3.65. The van der Waals surface area contributed by atoms with E-state index in [1.165, 1.54) is 12.1 Å². The van der Waals surface area contributed by atoms with E-state index in [4.69, 9.17) is 10.5 Å². The molecule has 0 heterocycles. The van der Waals surface area contributed by atoms with Crippen molar-refractivity contribution in [1.82, 2.24) is 0 Å². The molecule has 3 unspecified atom stereocenters. The zero-order chi connectivity index (χ0) is 12.1. The van der Waals surface area contributed by atoms with Crippen LogP contribution in [0.2, 0.25) is 0 Å². The van der Waals surface area contributed by atoms with Gasteiger partial charge in [0, 0.05) is 6.54 Å². The van der Waals surface area contributed by atoms with Gasteiger partial charge in [0.2, 0.25) is 0 Å². The number of ether oxygens (including phenoxy) is 1. The van der Waals surface area contributed by atoms with Gasteiger partial charge in [0.25, 0.3) is 0 Å². The van der Waals surface area contributed by atoms with E-state index in [1.54, 1.807) is 26.0 Å². The van der Waals surface area contributed by atoms with Gasteiger partial charge >= 0.3 is 0 Å². The molecule has 1 rings (SSSR count). The largest absolute Gasteiger partial charge is 0.391 e. The number of nitrogens with two attached hydrogens (primary N) is 1. The third kappa shape index (κ3) is 3.56. The summed E-state index contributed by atoms with van der Waals surface area (Å²) in [6.07, 6.45) is -1.31. The summed E-state index contributed by atoms with van der Waals surface area (Å²) in [7, 11) is 0. The van der Waals surface area contributed by atoms with Crippen LogP contribution in [0.15, 0.2) is 24.3 Å². The van der Waals surface area contributed by atoms with Crippen molar-refractivity contribution in [2.24, 2.45) is 5.73 Å². The summed E-state index contributed by atoms with van der Waals surface area (Å²) in [5.41, 5.74) is 6.26. The van der Waals surface area contributed by atoms with Gasteiger partial charge in [0.15, 0.2) is 0 Å². The second-order valence-electron chi connectivity index (χ2n) is 3.86. The molecular weight excluding hydrogens is 209 g/mol. The van der Waals surface area contributed by atoms with Crippen molar-refractivity contribution < 1.29 is 14.2 Å². The summed E-state index contributed by atoms with van der Waals surface area (Å²) >= 11 is 0. The number of aliphatic hydroxyl groups is 1. The highest BCUT2D eigenvalue weighted by Crippen LogP contribution is 2.19. The first-order chi connectivity index (χ1) is 7.54. The number of hydrogen-bond acceptors (Lipinski definition) is 3. The molecule has 0 aliphatic carbocycles. The van der Waals surface area contributed by atoms with Gasteiger partial charge in [0.1, 0.15) is 5.82 Å². The average Bonchev–Trinajstić information content (AvgIpc) is 2.25. The fourth-order valence-electron chi connectivity index (χ4n) is 1.35. The fraction of sp³-hybridized carbons (Fsp3) is 0.500. The van der Waals surface area contributed by atoms with Crippen molar-refractivity contribution >= 4 is 0 Å². The molecule has 0 bridgehead atoms. The summed E-state index contributed by atoms with van der Waals surface area (Å²) in [6, 6.07) is 6.14. The molecule has 0 aromatic heterocycles. The number of aliphatic hydroxyl groups excluding tert-OH is 1. The fourth-order valence-corrected chi connectivity index (χ4v) is 1.35. The summed E-state index contributed by atoms with van der Waals surface area (Å²) in [5.74, 6) is -0.316. The molecule has 16 heavy (non-hydrogen) atoms. The van der Waals surface area contributed by atoms with Crippen molar-refractivity contribution in [3.8, 4) is 0 Å². The maximum Gasteiger partial charge on any atom is 0.123 e. The first-order valence-electron chi connectivity index (χ1n) is 5.33. The van der Waals surface area contributed by atoms with E-state index in [-0.39, 0.29) is 24.6 Å². The lowest BCUT2D eigenvalue weighted by Gasteiger charge is -2.23. The molecule has 90 valence electrons. The predicted octanol–water partition coefficient (Wildman–Crippen LogP) is 1.61. The third-order valence-electron chi connectivity index (χ3n) is 2.49. The highest BCUT2D eigenvalue weighted by atomic mass is 19.1. The molecule has 0 aliphatic rings. The van der Waals surface area contributed by atoms with Crippen LogP contribution in [0.5, 0.6) is 0 Å². The lowest BCUT2D eigenvalue weighted by molar-refractivity contribution is -0.0592. The van der Waals surface area contributed by atoms with Crippen LogP contribution < -0.4 is 5.73 Å². The molecule has 0 saturated carbocycles. The van der Waals surface area contributed by atoms with E-state index >= 15 is 0 Å². The van der Waals surface area contributed by atoms with Gasteiger partial charge in [-0.15, -0.1) is 0 Å². The Labute approximate surface area is 95.0 Å². The maximum atomic E-state index is 13.0. The Morgan fingerprint density at radius 2 is 2.12 bits per heavy atom. The van der Waals surface area contributed by atoms with Crippen molar-refractivity contribution in [3.63, 3.8) is 0 Å². The molecule has 1 aromatic rings. The van der Waals surface area contributed by atoms with Crippen molar-refractivity contribution in [1.29, 1.82) is 0 Å². The molecular formula is C12H18FNO2. The Morgan fingerprint density at radius 1 is 1.44 bits per heavy atom. The van der Waals surface area contributed by atoms with Gasteiger partial charge in [-0.25, -0.2) is 4.39 Å². The molecule has 0 radical (unpaired) electrons. The van der Waals surface area contributed by atoms with Crippen LogP contribution in [-0.2, 0) is 4.74 Å². The quantitative estimate of drug-likeness (QED) is 0.803. The Bertz CT molecular complexity index is 331. The Kier molecular flexibility index (Phi) is 4.86.